The highest BCUT2D eigenvalue weighted by Gasteiger charge is 2.25. The molecule has 0 radical (unpaired) electrons. The molecular formula is C27H37FN2O3. The summed E-state index contributed by atoms with van der Waals surface area (Å²) >= 11 is 0. The third-order valence-electron chi connectivity index (χ3n) is 6.15. The van der Waals surface area contributed by atoms with E-state index in [0.717, 1.165) is 25.7 Å². The molecule has 2 aromatic rings. The van der Waals surface area contributed by atoms with Crippen LogP contribution in [0.25, 0.3) is 0 Å². The molecule has 3 atom stereocenters. The van der Waals surface area contributed by atoms with Crippen LogP contribution in [0.1, 0.15) is 68.8 Å². The van der Waals surface area contributed by atoms with Crippen molar-refractivity contribution in [3.05, 3.63) is 64.5 Å². The van der Waals surface area contributed by atoms with E-state index in [1.54, 1.807) is 6.07 Å². The average molecular weight is 457 g/mol. The summed E-state index contributed by atoms with van der Waals surface area (Å²) in [5.74, 6) is -1.39. The molecule has 1 aliphatic rings. The van der Waals surface area contributed by atoms with Gasteiger partial charge in [-0.25, -0.2) is 4.39 Å². The lowest BCUT2D eigenvalue weighted by atomic mass is 9.82. The number of phenols is 1. The van der Waals surface area contributed by atoms with Crippen LogP contribution in [-0.2, 0) is 24.1 Å². The van der Waals surface area contributed by atoms with E-state index in [4.69, 9.17) is 0 Å². The summed E-state index contributed by atoms with van der Waals surface area (Å²) in [4.78, 5) is 11.7. The Morgan fingerprint density at radius 1 is 1.18 bits per heavy atom. The van der Waals surface area contributed by atoms with Gasteiger partial charge < -0.3 is 20.8 Å². The molecule has 4 N–H and O–H groups in total. The van der Waals surface area contributed by atoms with Crippen LogP contribution in [0.15, 0.2) is 36.4 Å². The molecule has 5 nitrogen and oxygen atoms in total. The van der Waals surface area contributed by atoms with E-state index in [-0.39, 0.29) is 23.8 Å². The number of aliphatic hydroxyl groups excluding tert-OH is 1. The van der Waals surface area contributed by atoms with Crippen LogP contribution in [-0.4, -0.2) is 34.8 Å². The van der Waals surface area contributed by atoms with Crippen molar-refractivity contribution in [3.8, 4) is 5.75 Å². The molecule has 0 heterocycles. The summed E-state index contributed by atoms with van der Waals surface area (Å²) in [6, 6.07) is 10.5. The van der Waals surface area contributed by atoms with Crippen molar-refractivity contribution in [2.75, 3.05) is 6.54 Å². The summed E-state index contributed by atoms with van der Waals surface area (Å²) in [5, 5.41) is 26.6. The van der Waals surface area contributed by atoms with Crippen LogP contribution in [0.2, 0.25) is 0 Å². The standard InChI is InChI=1S/C27H37FN2O3/c1-17(31)30-24(14-18-9-11-25(32)22(28)13-18)26(33)16-29-23-7-5-6-20-10-8-19(12-21(20)23)15-27(2,3)4/h8-13,23-24,26,29,32-33H,5-7,14-16H2,1-4H3,(H,30,31)/t23-,24+,26-/m0/s1. The molecule has 0 fully saturated rings. The Morgan fingerprint density at radius 2 is 1.91 bits per heavy atom. The van der Waals surface area contributed by atoms with Crippen LogP contribution in [0, 0.1) is 11.2 Å². The van der Waals surface area contributed by atoms with E-state index in [2.05, 4.69) is 49.6 Å². The predicted octanol–water partition coefficient (Wildman–Crippen LogP) is 4.20. The number of amides is 1. The van der Waals surface area contributed by atoms with Gasteiger partial charge in [0.1, 0.15) is 0 Å². The van der Waals surface area contributed by atoms with Crippen LogP contribution in [0.5, 0.6) is 5.75 Å². The number of benzene rings is 2. The highest BCUT2D eigenvalue weighted by Crippen LogP contribution is 2.32. The minimum absolute atomic E-state index is 0.146. The van der Waals surface area contributed by atoms with Gasteiger partial charge in [-0.05, 0) is 71.9 Å². The largest absolute Gasteiger partial charge is 0.505 e. The lowest BCUT2D eigenvalue weighted by Gasteiger charge is -2.31. The molecule has 0 bridgehead atoms. The first-order chi connectivity index (χ1) is 15.5. The van der Waals surface area contributed by atoms with Crippen LogP contribution in [0.3, 0.4) is 0 Å². The number of nitrogens with one attached hydrogen (secondary N) is 2. The quantitative estimate of drug-likeness (QED) is 0.480. The maximum absolute atomic E-state index is 13.7. The summed E-state index contributed by atoms with van der Waals surface area (Å²) in [6.07, 6.45) is 3.55. The number of aryl methyl sites for hydroxylation is 1. The van der Waals surface area contributed by atoms with E-state index in [1.807, 2.05) is 0 Å². The number of carbonyl (C=O) groups is 1. The van der Waals surface area contributed by atoms with Crippen LogP contribution >= 0.6 is 0 Å². The molecule has 0 aliphatic heterocycles. The zero-order valence-electron chi connectivity index (χ0n) is 20.1. The normalized spacial score (nSPS) is 17.8. The molecule has 6 heteroatoms. The Hall–Kier alpha value is -2.44. The van der Waals surface area contributed by atoms with Gasteiger partial charge in [-0.1, -0.05) is 45.0 Å². The molecule has 0 unspecified atom stereocenters. The van der Waals surface area contributed by atoms with Gasteiger partial charge in [-0.2, -0.15) is 0 Å². The molecule has 3 rings (SSSR count). The molecule has 0 saturated heterocycles. The van der Waals surface area contributed by atoms with Gasteiger partial charge in [0.05, 0.1) is 12.1 Å². The lowest BCUT2D eigenvalue weighted by molar-refractivity contribution is -0.120. The summed E-state index contributed by atoms with van der Waals surface area (Å²) in [6.45, 7) is 8.42. The number of hydrogen-bond donors (Lipinski definition) is 4. The molecule has 0 aromatic heterocycles. The highest BCUT2D eigenvalue weighted by molar-refractivity contribution is 5.73. The first-order valence-electron chi connectivity index (χ1n) is 11.8. The Bertz CT molecular complexity index is 970. The van der Waals surface area contributed by atoms with Crippen molar-refractivity contribution in [1.82, 2.24) is 10.6 Å². The third kappa shape index (κ3) is 7.27. The van der Waals surface area contributed by atoms with Crippen molar-refractivity contribution in [2.45, 2.75) is 78.0 Å². The molecule has 180 valence electrons. The molecule has 2 aromatic carbocycles. The number of rotatable bonds is 8. The molecule has 33 heavy (non-hydrogen) atoms. The zero-order chi connectivity index (χ0) is 24.2. The first-order valence-corrected chi connectivity index (χ1v) is 11.8. The van der Waals surface area contributed by atoms with Gasteiger partial charge in [0, 0.05) is 19.5 Å². The maximum atomic E-state index is 13.7. The molecular weight excluding hydrogens is 419 g/mol. The molecule has 1 amide bonds. The Kier molecular flexibility index (Phi) is 8.14. The smallest absolute Gasteiger partial charge is 0.217 e. The van der Waals surface area contributed by atoms with E-state index in [0.29, 0.717) is 12.1 Å². The minimum atomic E-state index is -0.853. The molecule has 0 saturated carbocycles. The van der Waals surface area contributed by atoms with Crippen LogP contribution < -0.4 is 10.6 Å². The first kappa shape index (κ1) is 25.2. The van der Waals surface area contributed by atoms with E-state index < -0.39 is 23.7 Å². The minimum Gasteiger partial charge on any atom is -0.505 e. The van der Waals surface area contributed by atoms with Crippen molar-refractivity contribution in [3.63, 3.8) is 0 Å². The Labute approximate surface area is 196 Å². The fourth-order valence-electron chi connectivity index (χ4n) is 4.66. The van der Waals surface area contributed by atoms with E-state index >= 15 is 0 Å². The molecule has 1 aliphatic carbocycles. The van der Waals surface area contributed by atoms with E-state index in [9.17, 15) is 19.4 Å². The maximum Gasteiger partial charge on any atom is 0.217 e. The van der Waals surface area contributed by atoms with E-state index in [1.165, 1.54) is 35.7 Å². The fourth-order valence-corrected chi connectivity index (χ4v) is 4.66. The van der Waals surface area contributed by atoms with Crippen molar-refractivity contribution < 1.29 is 19.4 Å². The van der Waals surface area contributed by atoms with Gasteiger partial charge in [-0.15, -0.1) is 0 Å². The number of halogens is 1. The molecule has 0 spiro atoms. The number of aliphatic hydroxyl groups is 1. The zero-order valence-corrected chi connectivity index (χ0v) is 20.1. The van der Waals surface area contributed by atoms with Gasteiger partial charge in [0.2, 0.25) is 5.91 Å². The van der Waals surface area contributed by atoms with Crippen LogP contribution in [0.4, 0.5) is 4.39 Å². The Balaban J connectivity index is 1.70. The van der Waals surface area contributed by atoms with Gasteiger partial charge in [0.15, 0.2) is 11.6 Å². The average Bonchev–Trinajstić information content (AvgIpc) is 2.72. The topological polar surface area (TPSA) is 81.6 Å². The number of aromatic hydroxyl groups is 1. The predicted molar refractivity (Wildman–Crippen MR) is 129 cm³/mol. The number of phenolic OH excluding ortho intramolecular Hbond substituents is 1. The van der Waals surface area contributed by atoms with Crippen molar-refractivity contribution in [1.29, 1.82) is 0 Å². The third-order valence-corrected chi connectivity index (χ3v) is 6.15. The SMILES string of the molecule is CC(=O)N[C@H](Cc1ccc(O)c(F)c1)[C@@H](O)CN[C@H]1CCCc2ccc(CC(C)(C)C)cc21. The Morgan fingerprint density at radius 3 is 2.58 bits per heavy atom. The van der Waals surface area contributed by atoms with Crippen molar-refractivity contribution >= 4 is 5.91 Å². The number of fused-ring (bicyclic) bond motifs is 1. The fraction of sp³-hybridized carbons (Fsp3) is 0.519. The van der Waals surface area contributed by atoms with Gasteiger partial charge >= 0.3 is 0 Å². The van der Waals surface area contributed by atoms with Crippen molar-refractivity contribution in [2.24, 2.45) is 5.41 Å². The second kappa shape index (κ2) is 10.7. The second-order valence-corrected chi connectivity index (χ2v) is 10.5. The van der Waals surface area contributed by atoms with Gasteiger partial charge in [-0.3, -0.25) is 4.79 Å². The second-order valence-electron chi connectivity index (χ2n) is 10.5. The lowest BCUT2D eigenvalue weighted by Crippen LogP contribution is -2.48. The monoisotopic (exact) mass is 456 g/mol. The van der Waals surface area contributed by atoms with Gasteiger partial charge in [0.25, 0.3) is 0 Å². The summed E-state index contributed by atoms with van der Waals surface area (Å²) in [7, 11) is 0. The summed E-state index contributed by atoms with van der Waals surface area (Å²) in [5.41, 5.74) is 4.77. The summed E-state index contributed by atoms with van der Waals surface area (Å²) < 4.78 is 13.7. The highest BCUT2D eigenvalue weighted by atomic mass is 19.1. The number of carbonyl (C=O) groups excluding carboxylic acids is 1. The number of hydrogen-bond acceptors (Lipinski definition) is 4.